The van der Waals surface area contributed by atoms with Crippen molar-refractivity contribution < 1.29 is 9.84 Å². The zero-order valence-corrected chi connectivity index (χ0v) is 7.79. The highest BCUT2D eigenvalue weighted by Gasteiger charge is 2.10. The Hall–Kier alpha value is -0.120. The van der Waals surface area contributed by atoms with Crippen LogP contribution >= 0.6 is 0 Å². The lowest BCUT2D eigenvalue weighted by molar-refractivity contribution is 0.0823. The molecule has 0 aliphatic rings. The first kappa shape index (κ1) is 10.9. The molecule has 0 fully saturated rings. The van der Waals surface area contributed by atoms with Crippen molar-refractivity contribution in [3.8, 4) is 0 Å². The topological polar surface area (TPSA) is 41.5 Å². The molecule has 2 unspecified atom stereocenters. The minimum absolute atomic E-state index is 0.189. The van der Waals surface area contributed by atoms with Crippen LogP contribution in [-0.2, 0) is 4.74 Å². The monoisotopic (exact) mass is 161 g/mol. The van der Waals surface area contributed by atoms with Gasteiger partial charge in [0.15, 0.2) is 0 Å². The van der Waals surface area contributed by atoms with Crippen molar-refractivity contribution in [3.05, 3.63) is 0 Å². The Morgan fingerprint density at radius 1 is 1.36 bits per heavy atom. The number of aliphatic hydroxyl groups is 1. The molecule has 3 nitrogen and oxygen atoms in total. The molecule has 3 heteroatoms. The molecule has 0 heterocycles. The minimum atomic E-state index is -0.290. The molecule has 2 N–H and O–H groups in total. The molecule has 68 valence electrons. The van der Waals surface area contributed by atoms with E-state index < -0.39 is 0 Å². The molecule has 0 saturated carbocycles. The largest absolute Gasteiger partial charge is 0.392 e. The van der Waals surface area contributed by atoms with Gasteiger partial charge >= 0.3 is 0 Å². The molecule has 0 bridgehead atoms. The molecular formula is C8H19NO2. The standard InChI is InChI=1S/C8H19NO2/c1-6(10)5-9-7(2)8(3)11-4/h6-10H,5H2,1-4H3/t6-,7?,8?/m0/s1. The fourth-order valence-corrected chi connectivity index (χ4v) is 0.727. The molecule has 0 aliphatic heterocycles. The second-order valence-electron chi connectivity index (χ2n) is 2.99. The molecule has 0 amide bonds. The normalized spacial score (nSPS) is 19.4. The maximum absolute atomic E-state index is 8.95. The lowest BCUT2D eigenvalue weighted by atomic mass is 10.2. The molecule has 0 saturated heterocycles. The van der Waals surface area contributed by atoms with E-state index in [9.17, 15) is 0 Å². The van der Waals surface area contributed by atoms with Gasteiger partial charge in [-0.2, -0.15) is 0 Å². The third-order valence-electron chi connectivity index (χ3n) is 1.81. The SMILES string of the molecule is COC(C)C(C)NC[C@H](C)O. The van der Waals surface area contributed by atoms with Crippen LogP contribution in [0.2, 0.25) is 0 Å². The van der Waals surface area contributed by atoms with Crippen LogP contribution in [-0.4, -0.2) is 37.0 Å². The summed E-state index contributed by atoms with van der Waals surface area (Å²) in [5, 5.41) is 12.1. The Balaban J connectivity index is 3.43. The van der Waals surface area contributed by atoms with Gasteiger partial charge in [-0.25, -0.2) is 0 Å². The van der Waals surface area contributed by atoms with Gasteiger partial charge in [-0.3, -0.25) is 0 Å². The number of methoxy groups -OCH3 is 1. The summed E-state index contributed by atoms with van der Waals surface area (Å²) < 4.78 is 5.10. The van der Waals surface area contributed by atoms with E-state index in [-0.39, 0.29) is 18.2 Å². The molecular weight excluding hydrogens is 142 g/mol. The molecule has 0 aromatic carbocycles. The van der Waals surface area contributed by atoms with Gasteiger partial charge in [-0.1, -0.05) is 0 Å². The van der Waals surface area contributed by atoms with E-state index in [4.69, 9.17) is 9.84 Å². The molecule has 0 rings (SSSR count). The Morgan fingerprint density at radius 2 is 1.91 bits per heavy atom. The van der Waals surface area contributed by atoms with E-state index in [0.717, 1.165) is 0 Å². The predicted molar refractivity (Wildman–Crippen MR) is 45.6 cm³/mol. The summed E-state index contributed by atoms with van der Waals surface area (Å²) >= 11 is 0. The number of rotatable bonds is 5. The Morgan fingerprint density at radius 3 is 2.27 bits per heavy atom. The summed E-state index contributed by atoms with van der Waals surface area (Å²) in [6.45, 7) is 6.42. The third kappa shape index (κ3) is 5.18. The van der Waals surface area contributed by atoms with Crippen LogP contribution in [0.1, 0.15) is 20.8 Å². The molecule has 3 atom stereocenters. The fourth-order valence-electron chi connectivity index (χ4n) is 0.727. The van der Waals surface area contributed by atoms with Crippen LogP contribution in [0.3, 0.4) is 0 Å². The van der Waals surface area contributed by atoms with Gasteiger partial charge < -0.3 is 15.2 Å². The van der Waals surface area contributed by atoms with Gasteiger partial charge in [0.05, 0.1) is 12.2 Å². The van der Waals surface area contributed by atoms with E-state index in [1.807, 2.05) is 13.8 Å². The zero-order chi connectivity index (χ0) is 8.85. The summed E-state index contributed by atoms with van der Waals surface area (Å²) in [4.78, 5) is 0. The molecule has 0 aromatic heterocycles. The van der Waals surface area contributed by atoms with Crippen molar-refractivity contribution in [3.63, 3.8) is 0 Å². The smallest absolute Gasteiger partial charge is 0.0693 e. The first-order valence-electron chi connectivity index (χ1n) is 4.02. The molecule has 0 aromatic rings. The summed E-state index contributed by atoms with van der Waals surface area (Å²) in [7, 11) is 1.69. The van der Waals surface area contributed by atoms with Crippen molar-refractivity contribution in [1.29, 1.82) is 0 Å². The quantitative estimate of drug-likeness (QED) is 0.612. The lowest BCUT2D eigenvalue weighted by Gasteiger charge is -2.20. The van der Waals surface area contributed by atoms with Gasteiger partial charge in [0.1, 0.15) is 0 Å². The first-order chi connectivity index (χ1) is 5.07. The average molecular weight is 161 g/mol. The summed E-state index contributed by atoms with van der Waals surface area (Å²) in [5.41, 5.74) is 0. The highest BCUT2D eigenvalue weighted by atomic mass is 16.5. The van der Waals surface area contributed by atoms with Crippen LogP contribution in [0.4, 0.5) is 0 Å². The van der Waals surface area contributed by atoms with Crippen LogP contribution < -0.4 is 5.32 Å². The second-order valence-corrected chi connectivity index (χ2v) is 2.99. The Labute approximate surface area is 68.8 Å². The summed E-state index contributed by atoms with van der Waals surface area (Å²) in [6, 6.07) is 0.287. The van der Waals surface area contributed by atoms with Crippen molar-refractivity contribution in [1.82, 2.24) is 5.32 Å². The van der Waals surface area contributed by atoms with E-state index in [1.54, 1.807) is 14.0 Å². The van der Waals surface area contributed by atoms with E-state index in [1.165, 1.54) is 0 Å². The second kappa shape index (κ2) is 5.52. The van der Waals surface area contributed by atoms with E-state index in [2.05, 4.69) is 5.32 Å². The Bertz CT molecular complexity index is 96.1. The Kier molecular flexibility index (Phi) is 5.46. The van der Waals surface area contributed by atoms with Gasteiger partial charge in [-0.05, 0) is 20.8 Å². The van der Waals surface area contributed by atoms with E-state index in [0.29, 0.717) is 6.54 Å². The molecule has 0 spiro atoms. The highest BCUT2D eigenvalue weighted by molar-refractivity contribution is 4.68. The lowest BCUT2D eigenvalue weighted by Crippen LogP contribution is -2.40. The molecule has 0 radical (unpaired) electrons. The van der Waals surface area contributed by atoms with Gasteiger partial charge in [-0.15, -0.1) is 0 Å². The number of hydrogen-bond acceptors (Lipinski definition) is 3. The molecule has 0 aliphatic carbocycles. The maximum Gasteiger partial charge on any atom is 0.0693 e. The summed E-state index contributed by atoms with van der Waals surface area (Å²) in [5.74, 6) is 0. The van der Waals surface area contributed by atoms with Crippen molar-refractivity contribution in [2.24, 2.45) is 0 Å². The predicted octanol–water partition coefficient (Wildman–Crippen LogP) is 0.380. The number of hydrogen-bond donors (Lipinski definition) is 2. The third-order valence-corrected chi connectivity index (χ3v) is 1.81. The van der Waals surface area contributed by atoms with Crippen molar-refractivity contribution in [2.75, 3.05) is 13.7 Å². The average Bonchev–Trinajstić information content (AvgIpc) is 1.98. The highest BCUT2D eigenvalue weighted by Crippen LogP contribution is 1.95. The van der Waals surface area contributed by atoms with E-state index >= 15 is 0 Å². The number of nitrogens with one attached hydrogen (secondary N) is 1. The number of aliphatic hydroxyl groups excluding tert-OH is 1. The van der Waals surface area contributed by atoms with Crippen LogP contribution in [0, 0.1) is 0 Å². The fraction of sp³-hybridized carbons (Fsp3) is 1.00. The van der Waals surface area contributed by atoms with Gasteiger partial charge in [0.2, 0.25) is 0 Å². The maximum atomic E-state index is 8.95. The number of ether oxygens (including phenoxy) is 1. The molecule has 11 heavy (non-hydrogen) atoms. The van der Waals surface area contributed by atoms with Crippen LogP contribution in [0.25, 0.3) is 0 Å². The minimum Gasteiger partial charge on any atom is -0.392 e. The summed E-state index contributed by atoms with van der Waals surface area (Å²) in [6.07, 6.45) is -0.102. The van der Waals surface area contributed by atoms with Crippen LogP contribution in [0.5, 0.6) is 0 Å². The van der Waals surface area contributed by atoms with Crippen molar-refractivity contribution >= 4 is 0 Å². The van der Waals surface area contributed by atoms with Crippen LogP contribution in [0.15, 0.2) is 0 Å². The zero-order valence-electron chi connectivity index (χ0n) is 7.79. The van der Waals surface area contributed by atoms with Gasteiger partial charge in [0, 0.05) is 19.7 Å². The van der Waals surface area contributed by atoms with Crippen molar-refractivity contribution in [2.45, 2.75) is 39.0 Å². The first-order valence-corrected chi connectivity index (χ1v) is 4.02. The van der Waals surface area contributed by atoms with Gasteiger partial charge in [0.25, 0.3) is 0 Å².